The highest BCUT2D eigenvalue weighted by Crippen LogP contribution is 2.43. The van der Waals surface area contributed by atoms with Crippen LogP contribution in [0.1, 0.15) is 19.4 Å². The van der Waals surface area contributed by atoms with Gasteiger partial charge in [-0.25, -0.2) is 0 Å². The lowest BCUT2D eigenvalue weighted by Crippen LogP contribution is -2.49. The summed E-state index contributed by atoms with van der Waals surface area (Å²) < 4.78 is 6.60. The molecule has 0 amide bonds. The number of fused-ring (bicyclic) bond motifs is 2. The van der Waals surface area contributed by atoms with E-state index in [2.05, 4.69) is 139 Å². The number of anilines is 3. The SMILES string of the molecule is CN1C=CN(c2cc(Oc3cccc(N4CN(C)C(C)(C)c5ccccc54)c3)c3ccccc3c2)C1. The van der Waals surface area contributed by atoms with Gasteiger partial charge in [-0.2, -0.15) is 0 Å². The fourth-order valence-corrected chi connectivity index (χ4v) is 5.17. The van der Waals surface area contributed by atoms with Gasteiger partial charge in [-0.05, 0) is 56.1 Å². The molecule has 0 fully saturated rings. The van der Waals surface area contributed by atoms with E-state index in [1.54, 1.807) is 0 Å². The molecule has 0 atom stereocenters. The molecular formula is C31H32N4O. The monoisotopic (exact) mass is 476 g/mol. The van der Waals surface area contributed by atoms with Crippen LogP contribution in [0.15, 0.2) is 97.3 Å². The molecule has 5 nitrogen and oxygen atoms in total. The van der Waals surface area contributed by atoms with Crippen molar-refractivity contribution >= 4 is 27.8 Å². The first-order chi connectivity index (χ1) is 17.4. The Labute approximate surface area is 213 Å². The summed E-state index contributed by atoms with van der Waals surface area (Å²) in [5.41, 5.74) is 4.78. The Morgan fingerprint density at radius 2 is 1.56 bits per heavy atom. The van der Waals surface area contributed by atoms with Gasteiger partial charge in [-0.3, -0.25) is 4.90 Å². The van der Waals surface area contributed by atoms with Crippen LogP contribution >= 0.6 is 0 Å². The van der Waals surface area contributed by atoms with Gasteiger partial charge in [-0.15, -0.1) is 0 Å². The molecule has 2 heterocycles. The maximum atomic E-state index is 6.60. The number of hydrogen-bond donors (Lipinski definition) is 0. The molecule has 0 radical (unpaired) electrons. The molecule has 0 saturated carbocycles. The maximum Gasteiger partial charge on any atom is 0.137 e. The fraction of sp³-hybridized carbons (Fsp3) is 0.226. The van der Waals surface area contributed by atoms with Gasteiger partial charge in [0.25, 0.3) is 0 Å². The van der Waals surface area contributed by atoms with Crippen LogP contribution in [-0.4, -0.2) is 37.2 Å². The first kappa shape index (κ1) is 22.5. The van der Waals surface area contributed by atoms with Crippen molar-refractivity contribution in [2.75, 3.05) is 37.2 Å². The van der Waals surface area contributed by atoms with Crippen LogP contribution in [0, 0.1) is 0 Å². The first-order valence-corrected chi connectivity index (χ1v) is 12.4. The van der Waals surface area contributed by atoms with Crippen LogP contribution < -0.4 is 14.5 Å². The van der Waals surface area contributed by atoms with Crippen molar-refractivity contribution in [3.05, 3.63) is 103 Å². The minimum absolute atomic E-state index is 0.0291. The predicted molar refractivity (Wildman–Crippen MR) is 149 cm³/mol. The summed E-state index contributed by atoms with van der Waals surface area (Å²) in [6.07, 6.45) is 4.20. The third-order valence-corrected chi connectivity index (χ3v) is 7.54. The van der Waals surface area contributed by atoms with Gasteiger partial charge in [0.2, 0.25) is 0 Å². The maximum absolute atomic E-state index is 6.60. The first-order valence-electron chi connectivity index (χ1n) is 12.4. The number of ether oxygens (including phenoxy) is 1. The van der Waals surface area contributed by atoms with Crippen LogP contribution in [0.5, 0.6) is 11.5 Å². The molecule has 0 bridgehead atoms. The molecule has 2 aliphatic rings. The largest absolute Gasteiger partial charge is 0.457 e. The lowest BCUT2D eigenvalue weighted by molar-refractivity contribution is 0.150. The van der Waals surface area contributed by atoms with E-state index >= 15 is 0 Å². The highest BCUT2D eigenvalue weighted by atomic mass is 16.5. The Hall–Kier alpha value is -3.96. The van der Waals surface area contributed by atoms with Gasteiger partial charge in [0, 0.05) is 59.6 Å². The minimum Gasteiger partial charge on any atom is -0.457 e. The van der Waals surface area contributed by atoms with E-state index in [1.165, 1.54) is 11.3 Å². The number of hydrogen-bond acceptors (Lipinski definition) is 5. The third kappa shape index (κ3) is 3.86. The molecule has 36 heavy (non-hydrogen) atoms. The molecule has 0 aromatic heterocycles. The van der Waals surface area contributed by atoms with E-state index < -0.39 is 0 Å². The van der Waals surface area contributed by atoms with E-state index in [1.807, 2.05) is 6.07 Å². The standard InChI is InChI=1S/C31H32N4O/c1-31(2)28-14-7-8-15-29(28)35(22-33(31)4)24-11-9-12-26(19-24)36-30-20-25(34-17-16-32(3)21-34)18-23-10-5-6-13-27(23)30/h5-20H,21-22H2,1-4H3. The molecule has 0 saturated heterocycles. The summed E-state index contributed by atoms with van der Waals surface area (Å²) in [6, 6.07) is 29.9. The molecule has 0 spiro atoms. The molecule has 0 unspecified atom stereocenters. The third-order valence-electron chi connectivity index (χ3n) is 7.54. The number of nitrogens with zero attached hydrogens (tertiary/aromatic N) is 4. The van der Waals surface area contributed by atoms with Crippen LogP contribution in [0.2, 0.25) is 0 Å². The van der Waals surface area contributed by atoms with Gasteiger partial charge in [0.15, 0.2) is 0 Å². The summed E-state index contributed by atoms with van der Waals surface area (Å²) >= 11 is 0. The van der Waals surface area contributed by atoms with E-state index in [4.69, 9.17) is 4.74 Å². The number of benzene rings is 4. The zero-order chi connectivity index (χ0) is 24.9. The van der Waals surface area contributed by atoms with Gasteiger partial charge in [-0.1, -0.05) is 48.5 Å². The fourth-order valence-electron chi connectivity index (χ4n) is 5.17. The Bertz CT molecular complexity index is 1460. The quantitative estimate of drug-likeness (QED) is 0.313. The lowest BCUT2D eigenvalue weighted by atomic mass is 9.88. The average Bonchev–Trinajstić information content (AvgIpc) is 3.33. The molecular weight excluding hydrogens is 444 g/mol. The van der Waals surface area contributed by atoms with Crippen molar-refractivity contribution in [2.45, 2.75) is 19.4 Å². The minimum atomic E-state index is -0.0291. The molecule has 4 aromatic rings. The Morgan fingerprint density at radius 1 is 0.750 bits per heavy atom. The molecule has 6 rings (SSSR count). The van der Waals surface area contributed by atoms with Gasteiger partial charge in [0.05, 0.1) is 13.3 Å². The summed E-state index contributed by atoms with van der Waals surface area (Å²) in [4.78, 5) is 9.15. The molecule has 4 aromatic carbocycles. The molecule has 2 aliphatic heterocycles. The summed E-state index contributed by atoms with van der Waals surface area (Å²) in [7, 11) is 4.27. The molecule has 0 aliphatic carbocycles. The second-order valence-electron chi connectivity index (χ2n) is 10.3. The topological polar surface area (TPSA) is 22.2 Å². The second-order valence-corrected chi connectivity index (χ2v) is 10.3. The highest BCUT2D eigenvalue weighted by molar-refractivity contribution is 5.92. The van der Waals surface area contributed by atoms with E-state index in [0.29, 0.717) is 0 Å². The van der Waals surface area contributed by atoms with Gasteiger partial charge < -0.3 is 19.4 Å². The second kappa shape index (κ2) is 8.61. The highest BCUT2D eigenvalue weighted by Gasteiger charge is 2.35. The van der Waals surface area contributed by atoms with Crippen molar-refractivity contribution in [1.29, 1.82) is 0 Å². The van der Waals surface area contributed by atoms with Gasteiger partial charge in [0.1, 0.15) is 11.5 Å². The summed E-state index contributed by atoms with van der Waals surface area (Å²) in [5.74, 6) is 1.69. The van der Waals surface area contributed by atoms with E-state index in [-0.39, 0.29) is 5.54 Å². The zero-order valence-corrected chi connectivity index (χ0v) is 21.3. The van der Waals surface area contributed by atoms with Crippen LogP contribution in [-0.2, 0) is 5.54 Å². The van der Waals surface area contributed by atoms with E-state index in [9.17, 15) is 0 Å². The van der Waals surface area contributed by atoms with Crippen molar-refractivity contribution < 1.29 is 4.74 Å². The van der Waals surface area contributed by atoms with Crippen molar-refractivity contribution in [1.82, 2.24) is 9.80 Å². The Balaban J connectivity index is 1.37. The summed E-state index contributed by atoms with van der Waals surface area (Å²) in [5, 5.41) is 2.27. The van der Waals surface area contributed by atoms with Crippen LogP contribution in [0.3, 0.4) is 0 Å². The van der Waals surface area contributed by atoms with Crippen LogP contribution in [0.4, 0.5) is 17.1 Å². The lowest BCUT2D eigenvalue weighted by Gasteiger charge is -2.47. The Kier molecular flexibility index (Phi) is 5.38. The normalized spacial score (nSPS) is 17.1. The van der Waals surface area contributed by atoms with Crippen LogP contribution in [0.25, 0.3) is 10.8 Å². The van der Waals surface area contributed by atoms with Gasteiger partial charge >= 0.3 is 0 Å². The Morgan fingerprint density at radius 3 is 2.39 bits per heavy atom. The predicted octanol–water partition coefficient (Wildman–Crippen LogP) is 7.09. The van der Waals surface area contributed by atoms with Crippen molar-refractivity contribution in [3.63, 3.8) is 0 Å². The smallest absolute Gasteiger partial charge is 0.137 e. The average molecular weight is 477 g/mol. The molecule has 182 valence electrons. The molecule has 5 heteroatoms. The molecule has 0 N–H and O–H groups in total. The number of para-hydroxylation sites is 1. The summed E-state index contributed by atoms with van der Waals surface area (Å²) in [6.45, 7) is 6.20. The van der Waals surface area contributed by atoms with Crippen molar-refractivity contribution in [3.8, 4) is 11.5 Å². The van der Waals surface area contributed by atoms with Crippen molar-refractivity contribution in [2.24, 2.45) is 0 Å². The van der Waals surface area contributed by atoms with E-state index in [0.717, 1.165) is 47.0 Å². The number of rotatable bonds is 4. The zero-order valence-electron chi connectivity index (χ0n) is 21.3.